The monoisotopic (exact) mass is 1850 g/mol. The second kappa shape index (κ2) is 53.5. The number of benzene rings is 3. The Morgan fingerprint density at radius 2 is 1.06 bits per heavy atom. The fraction of sp³-hybridized carbons (Fsp3) is 0.529. The van der Waals surface area contributed by atoms with Crippen molar-refractivity contribution in [1.29, 1.82) is 5.41 Å². The molecular formula is C87H126N22O23. The first-order valence-corrected chi connectivity index (χ1v) is 43.7. The molecule has 1 saturated heterocycles. The minimum Gasteiger partial charge on any atom is -0.508 e. The van der Waals surface area contributed by atoms with E-state index in [9.17, 15) is 103 Å². The number of aliphatic hydroxyl groups excluding tert-OH is 2. The van der Waals surface area contributed by atoms with Crippen LogP contribution in [0.3, 0.4) is 0 Å². The van der Waals surface area contributed by atoms with Crippen LogP contribution in [0.25, 0.3) is 10.9 Å². The van der Waals surface area contributed by atoms with Gasteiger partial charge in [0.05, 0.1) is 37.7 Å². The summed E-state index contributed by atoms with van der Waals surface area (Å²) in [5.41, 5.74) is 19.4. The summed E-state index contributed by atoms with van der Waals surface area (Å²) in [7, 11) is 0. The van der Waals surface area contributed by atoms with Crippen molar-refractivity contribution in [3.63, 3.8) is 0 Å². The van der Waals surface area contributed by atoms with Crippen LogP contribution in [0.4, 0.5) is 0 Å². The highest BCUT2D eigenvalue weighted by Crippen LogP contribution is 2.24. The highest BCUT2D eigenvalue weighted by molar-refractivity contribution is 6.01. The summed E-state index contributed by atoms with van der Waals surface area (Å²) in [6, 6.07) is -0.588. The van der Waals surface area contributed by atoms with Crippen LogP contribution < -0.4 is 91.6 Å². The average Bonchev–Trinajstić information content (AvgIpc) is 1.66. The summed E-state index contributed by atoms with van der Waals surface area (Å²) < 4.78 is 0. The number of aromatic hydroxyl groups is 1. The number of phenolic OH excluding ortho intramolecular Hbond substituents is 1. The number of rotatable bonds is 56. The smallest absolute Gasteiger partial charge is 0.326 e. The molecule has 722 valence electrons. The van der Waals surface area contributed by atoms with Crippen molar-refractivity contribution in [2.75, 3.05) is 32.8 Å². The van der Waals surface area contributed by atoms with E-state index in [1.165, 1.54) is 43.7 Å². The number of carboxylic acids is 3. The molecule has 0 spiro atoms. The number of aromatic amines is 2. The number of carboxylic acid groups (broad SMARTS) is 3. The molecule has 132 heavy (non-hydrogen) atoms. The van der Waals surface area contributed by atoms with Crippen LogP contribution in [0.1, 0.15) is 148 Å². The van der Waals surface area contributed by atoms with E-state index in [1.807, 2.05) is 0 Å². The number of nitrogens with two attached hydrogens (primary N) is 3. The van der Waals surface area contributed by atoms with Crippen LogP contribution in [0.15, 0.2) is 97.6 Å². The van der Waals surface area contributed by atoms with Gasteiger partial charge in [0.1, 0.15) is 90.3 Å². The third kappa shape index (κ3) is 34.6. The average molecular weight is 1850 g/mol. The Labute approximate surface area is 761 Å². The van der Waals surface area contributed by atoms with Gasteiger partial charge >= 0.3 is 17.9 Å². The zero-order valence-electron chi connectivity index (χ0n) is 74.7. The van der Waals surface area contributed by atoms with E-state index < -0.39 is 242 Å². The van der Waals surface area contributed by atoms with Crippen LogP contribution in [0, 0.1) is 23.2 Å². The molecule has 29 N–H and O–H groups in total. The van der Waals surface area contributed by atoms with E-state index in [4.69, 9.17) is 22.6 Å². The Morgan fingerprint density at radius 1 is 0.545 bits per heavy atom. The number of carbonyl (C=O) groups excluding carboxylic acids is 14. The highest BCUT2D eigenvalue weighted by Gasteiger charge is 2.43. The Balaban J connectivity index is 1.14. The predicted molar refractivity (Wildman–Crippen MR) is 476 cm³/mol. The van der Waals surface area contributed by atoms with Gasteiger partial charge < -0.3 is 137 Å². The number of para-hydroxylation sites is 1. The first-order chi connectivity index (χ1) is 62.6. The number of unbranched alkanes of at least 4 members (excludes halogenated alkanes) is 1. The molecule has 2 aromatic heterocycles. The second-order valence-corrected chi connectivity index (χ2v) is 33.3. The lowest BCUT2D eigenvalue weighted by Crippen LogP contribution is -2.62. The molecule has 16 atom stereocenters. The molecular weight excluding hydrogens is 1720 g/mol. The van der Waals surface area contributed by atoms with E-state index in [1.54, 1.807) is 102 Å². The lowest BCUT2D eigenvalue weighted by atomic mass is 9.95. The zero-order valence-corrected chi connectivity index (χ0v) is 74.7. The standard InChI is InChI=1S/C87H126N22O23/c1-8-47(6)72(108-80(125)65(43-110)97-67(113)42-95-81(126)66-24-17-33-109(66)85(130)63(39-69(116)117)105-75(120)58(29-30-68(114)115)99-74(119)57(23-16-32-93-87(90)91)98-73(118)56(22-14-15-31-88)100-82(127)70(89)48(7)111)84(129)107-71(46(4)5)83(128)104-59(34-45(2)3)76(121)101-60(35-49-18-10-9-11-19-49)77(122)102-61(36-50-25-27-53(112)28-26-50)78(123)103-62(37-51-40-94-55-21-13-12-20-54(51)55)79(124)106-64(86(131)132)38-52-41-92-44-96-52/h9-13,18-21,25-28,40-41,44-48,56-66,70-72,94,110-112H,8,14-17,22-24,29-39,42-43,88-89H2,1-7H3,(H,92,96)(H,95,126)(H,97,113)(H,98,118)(H,99,119)(H,100,127)(H,101,121)(H,102,122)(H,103,123)(H,104,128)(H,105,120)(H,106,124)(H,107,129)(H,108,125)(H,114,115)(H,116,117)(H,131,132)(H4,90,91,93)/t47-,48+,56-,57-,58-,59-,60-,61-,62-,63-,64-,65-,66-,70-,71-,72-/m0/s1. The van der Waals surface area contributed by atoms with Crippen molar-refractivity contribution in [3.05, 3.63) is 120 Å². The Hall–Kier alpha value is -13.7. The number of aromatic nitrogens is 3. The van der Waals surface area contributed by atoms with Gasteiger partial charge in [-0.05, 0) is 124 Å². The molecule has 5 aromatic rings. The number of imidazole rings is 1. The molecule has 3 aromatic carbocycles. The molecule has 3 heterocycles. The predicted octanol–water partition coefficient (Wildman–Crippen LogP) is -3.94. The number of guanidine groups is 1. The van der Waals surface area contributed by atoms with Crippen molar-refractivity contribution < 1.29 is 112 Å². The van der Waals surface area contributed by atoms with Gasteiger partial charge in [-0.2, -0.15) is 0 Å². The van der Waals surface area contributed by atoms with Gasteiger partial charge in [-0.3, -0.25) is 82.1 Å². The van der Waals surface area contributed by atoms with Crippen LogP contribution in [-0.4, -0.2) is 281 Å². The topological polar surface area (TPSA) is 730 Å². The van der Waals surface area contributed by atoms with Crippen molar-refractivity contribution in [3.8, 4) is 5.75 Å². The first-order valence-electron chi connectivity index (χ1n) is 43.7. The number of H-pyrrole nitrogens is 2. The summed E-state index contributed by atoms with van der Waals surface area (Å²) in [5.74, 6) is -20.8. The number of carbonyl (C=O) groups is 17. The fourth-order valence-corrected chi connectivity index (χ4v) is 14.5. The van der Waals surface area contributed by atoms with Crippen LogP contribution in [0.5, 0.6) is 5.75 Å². The number of hydrogen-bond donors (Lipinski definition) is 26. The van der Waals surface area contributed by atoms with Crippen molar-refractivity contribution in [1.82, 2.24) is 94.3 Å². The molecule has 0 aliphatic carbocycles. The maximum absolute atomic E-state index is 15.1. The van der Waals surface area contributed by atoms with Gasteiger partial charge in [0.15, 0.2) is 5.96 Å². The maximum Gasteiger partial charge on any atom is 0.326 e. The molecule has 6 rings (SSSR count). The van der Waals surface area contributed by atoms with Gasteiger partial charge in [0.2, 0.25) is 82.7 Å². The van der Waals surface area contributed by atoms with E-state index in [0.717, 1.165) is 4.90 Å². The lowest BCUT2D eigenvalue weighted by molar-refractivity contribution is -0.146. The number of fused-ring (bicyclic) bond motifs is 1. The molecule has 1 fully saturated rings. The van der Waals surface area contributed by atoms with Crippen molar-refractivity contribution in [2.45, 2.75) is 242 Å². The van der Waals surface area contributed by atoms with Gasteiger partial charge in [-0.15, -0.1) is 0 Å². The van der Waals surface area contributed by atoms with Crippen molar-refractivity contribution in [2.24, 2.45) is 35.0 Å². The lowest BCUT2D eigenvalue weighted by Gasteiger charge is -2.31. The number of likely N-dealkylation sites (tertiary alicyclic amines) is 1. The Morgan fingerprint density at radius 3 is 1.61 bits per heavy atom. The van der Waals surface area contributed by atoms with Crippen LogP contribution in [-0.2, 0) is 107 Å². The van der Waals surface area contributed by atoms with Crippen molar-refractivity contribution >= 4 is 117 Å². The van der Waals surface area contributed by atoms with E-state index in [2.05, 4.69) is 89.4 Å². The second-order valence-electron chi connectivity index (χ2n) is 33.3. The molecule has 45 heteroatoms. The molecule has 1 aliphatic heterocycles. The maximum atomic E-state index is 15.1. The van der Waals surface area contributed by atoms with E-state index >= 15 is 9.59 Å². The quantitative estimate of drug-likeness (QED) is 0.0100. The number of hydrogen-bond acceptors (Lipinski definition) is 24. The highest BCUT2D eigenvalue weighted by atomic mass is 16.4. The summed E-state index contributed by atoms with van der Waals surface area (Å²) in [5, 5.41) is 104. The number of aliphatic carboxylic acids is 3. The SMILES string of the molecule is CC[C@H](C)[C@H](NC(=O)[C@H](CO)NC(=O)CNC(=O)[C@@H]1CCCN1C(=O)[C@H](CC(=O)O)NC(=O)[C@H](CCC(=O)O)NC(=O)[C@H](CCCNC(=N)N)NC(=O)[C@H](CCCCN)NC(=O)[C@@H](N)[C@@H](C)O)C(=O)N[C@H](C(=O)N[C@@H](CC(C)C)C(=O)N[C@@H](Cc1ccccc1)C(=O)N[C@@H](Cc1ccc(O)cc1)C(=O)N[C@@H](Cc1c[nH]c2ccccc12)C(=O)N[C@@H](Cc1c[nH]cn1)C(=O)O)C(C)C. The number of aliphatic hydroxyl groups is 2. The normalized spacial score (nSPS) is 15.8. The number of nitrogens with one attached hydrogen (secondary N) is 17. The third-order valence-corrected chi connectivity index (χ3v) is 22.0. The number of phenols is 1. The van der Waals surface area contributed by atoms with Gasteiger partial charge in [0, 0.05) is 68.5 Å². The minimum atomic E-state index is -2.00. The Bertz CT molecular complexity index is 4770. The molecule has 14 amide bonds. The fourth-order valence-electron chi connectivity index (χ4n) is 14.5. The van der Waals surface area contributed by atoms with Crippen LogP contribution >= 0.6 is 0 Å². The molecule has 1 aliphatic rings. The zero-order chi connectivity index (χ0) is 97.6. The van der Waals surface area contributed by atoms with E-state index in [0.29, 0.717) is 46.1 Å². The summed E-state index contributed by atoms with van der Waals surface area (Å²) in [4.78, 5) is 248. The third-order valence-electron chi connectivity index (χ3n) is 22.0. The summed E-state index contributed by atoms with van der Waals surface area (Å²) >= 11 is 0. The van der Waals surface area contributed by atoms with Crippen LogP contribution in [0.2, 0.25) is 0 Å². The van der Waals surface area contributed by atoms with E-state index in [-0.39, 0.29) is 102 Å². The van der Waals surface area contributed by atoms with Gasteiger partial charge in [-0.25, -0.2) is 9.78 Å². The molecule has 45 nitrogen and oxygen atoms in total. The molecule has 0 radical (unpaired) electrons. The molecule has 0 unspecified atom stereocenters. The Kier molecular flexibility index (Phi) is 43.4. The molecule has 0 saturated carbocycles. The molecule has 0 bridgehead atoms. The summed E-state index contributed by atoms with van der Waals surface area (Å²) in [6.45, 7) is 9.17. The number of amides is 14. The number of nitrogens with zero attached hydrogens (tertiary/aromatic N) is 2. The first kappa shape index (κ1) is 107. The minimum absolute atomic E-state index is 0.0185. The van der Waals surface area contributed by atoms with Gasteiger partial charge in [0.25, 0.3) is 0 Å². The van der Waals surface area contributed by atoms with Gasteiger partial charge in [-0.1, -0.05) is 109 Å². The summed E-state index contributed by atoms with van der Waals surface area (Å²) in [6.07, 6.45) is 0.288. The largest absolute Gasteiger partial charge is 0.508 e.